The number of unbranched alkanes of at least 4 members (excludes halogenated alkanes) is 5. The molecule has 0 unspecified atom stereocenters. The van der Waals surface area contributed by atoms with Crippen LogP contribution >= 0.6 is 0 Å². The van der Waals surface area contributed by atoms with Gasteiger partial charge in [-0.1, -0.05) is 58.8 Å². The second-order valence-corrected chi connectivity index (χ2v) is 5.68. The van der Waals surface area contributed by atoms with Gasteiger partial charge >= 0.3 is 0 Å². The molecule has 0 aliphatic rings. The molecular weight excluding hydrogens is 252 g/mol. The lowest BCUT2D eigenvalue weighted by Gasteiger charge is -2.23. The molecule has 0 aromatic rings. The predicted octanol–water partition coefficient (Wildman–Crippen LogP) is 4.59. The van der Waals surface area contributed by atoms with Gasteiger partial charge in [0.25, 0.3) is 0 Å². The van der Waals surface area contributed by atoms with Gasteiger partial charge in [-0.15, -0.1) is 0 Å². The van der Waals surface area contributed by atoms with E-state index < -0.39 is 0 Å². The van der Waals surface area contributed by atoms with E-state index in [9.17, 15) is 4.79 Å². The monoisotopic (exact) mass is 286 g/mol. The van der Waals surface area contributed by atoms with Crippen LogP contribution in [-0.2, 0) is 14.3 Å². The highest BCUT2D eigenvalue weighted by molar-refractivity contribution is 5.54. The molecule has 120 valence electrons. The van der Waals surface area contributed by atoms with Gasteiger partial charge in [-0.2, -0.15) is 0 Å². The van der Waals surface area contributed by atoms with Gasteiger partial charge in [0.05, 0.1) is 6.61 Å². The van der Waals surface area contributed by atoms with Crippen LogP contribution in [-0.4, -0.2) is 26.8 Å². The molecule has 0 radical (unpaired) electrons. The minimum absolute atomic E-state index is 0.153. The van der Waals surface area contributed by atoms with Gasteiger partial charge in [-0.05, 0) is 18.8 Å². The van der Waals surface area contributed by atoms with Crippen molar-refractivity contribution >= 4 is 6.29 Å². The number of aldehydes is 1. The van der Waals surface area contributed by atoms with Crippen LogP contribution in [0.4, 0.5) is 0 Å². The lowest BCUT2D eigenvalue weighted by Crippen LogP contribution is -2.22. The Labute approximate surface area is 125 Å². The maximum Gasteiger partial charge on any atom is 0.146 e. The molecule has 0 spiro atoms. The molecule has 0 aliphatic heterocycles. The van der Waals surface area contributed by atoms with Crippen molar-refractivity contribution in [3.63, 3.8) is 0 Å². The Morgan fingerprint density at radius 1 is 0.950 bits per heavy atom. The lowest BCUT2D eigenvalue weighted by molar-refractivity contribution is -0.115. The molecular formula is C17H34O3. The normalized spacial score (nSPS) is 14.2. The fourth-order valence-corrected chi connectivity index (χ4v) is 2.58. The van der Waals surface area contributed by atoms with Crippen LogP contribution in [0.3, 0.4) is 0 Å². The molecule has 0 rings (SSSR count). The van der Waals surface area contributed by atoms with Gasteiger partial charge in [-0.3, -0.25) is 0 Å². The average Bonchev–Trinajstić information content (AvgIpc) is 2.47. The van der Waals surface area contributed by atoms with Gasteiger partial charge in [-0.25, -0.2) is 0 Å². The number of carbonyl (C=O) groups excluding carboxylic acids is 1. The van der Waals surface area contributed by atoms with E-state index in [-0.39, 0.29) is 5.92 Å². The number of rotatable bonds is 15. The van der Waals surface area contributed by atoms with Crippen molar-refractivity contribution in [3.8, 4) is 0 Å². The van der Waals surface area contributed by atoms with Crippen molar-refractivity contribution in [2.45, 2.75) is 71.6 Å². The maximum atomic E-state index is 11.4. The molecule has 0 saturated carbocycles. The van der Waals surface area contributed by atoms with Gasteiger partial charge < -0.3 is 14.3 Å². The smallest absolute Gasteiger partial charge is 0.146 e. The van der Waals surface area contributed by atoms with E-state index in [1.54, 1.807) is 7.11 Å². The molecule has 3 nitrogen and oxygen atoms in total. The van der Waals surface area contributed by atoms with Crippen LogP contribution in [0.25, 0.3) is 0 Å². The SMILES string of the molecule is CCCCCC[C@@H](C=O)[C@H](CCCCC)COCOC. The summed E-state index contributed by atoms with van der Waals surface area (Å²) < 4.78 is 10.4. The zero-order valence-corrected chi connectivity index (χ0v) is 13.7. The molecule has 0 bridgehead atoms. The van der Waals surface area contributed by atoms with Crippen molar-refractivity contribution in [1.29, 1.82) is 0 Å². The fraction of sp³-hybridized carbons (Fsp3) is 0.941. The van der Waals surface area contributed by atoms with E-state index in [4.69, 9.17) is 9.47 Å². The quantitative estimate of drug-likeness (QED) is 0.251. The third-order valence-corrected chi connectivity index (χ3v) is 3.88. The second kappa shape index (κ2) is 15.0. The Kier molecular flexibility index (Phi) is 14.7. The van der Waals surface area contributed by atoms with Crippen LogP contribution in [0.1, 0.15) is 71.6 Å². The number of hydrogen-bond acceptors (Lipinski definition) is 3. The van der Waals surface area contributed by atoms with Crippen LogP contribution < -0.4 is 0 Å². The van der Waals surface area contributed by atoms with E-state index in [1.165, 1.54) is 38.5 Å². The molecule has 20 heavy (non-hydrogen) atoms. The first-order valence-corrected chi connectivity index (χ1v) is 8.32. The van der Waals surface area contributed by atoms with Crippen molar-refractivity contribution in [2.75, 3.05) is 20.5 Å². The molecule has 0 saturated heterocycles. The zero-order valence-electron chi connectivity index (χ0n) is 13.7. The van der Waals surface area contributed by atoms with Crippen LogP contribution in [0.15, 0.2) is 0 Å². The summed E-state index contributed by atoms with van der Waals surface area (Å²) in [6.45, 7) is 5.39. The van der Waals surface area contributed by atoms with Crippen molar-refractivity contribution < 1.29 is 14.3 Å². The first-order chi connectivity index (χ1) is 9.79. The lowest BCUT2D eigenvalue weighted by atomic mass is 9.85. The van der Waals surface area contributed by atoms with Gasteiger partial charge in [0.1, 0.15) is 13.1 Å². The standard InChI is InChI=1S/C17H34O3/c1-4-6-8-10-11-16(13-18)17(12-9-7-5-2)14-20-15-19-3/h13,16-17H,4-12,14-15H2,1-3H3/t16-,17+/m0/s1. The Morgan fingerprint density at radius 2 is 1.60 bits per heavy atom. The summed E-state index contributed by atoms with van der Waals surface area (Å²) in [7, 11) is 1.63. The molecule has 0 amide bonds. The first kappa shape index (κ1) is 19.6. The molecule has 0 fully saturated rings. The third-order valence-electron chi connectivity index (χ3n) is 3.88. The van der Waals surface area contributed by atoms with Gasteiger partial charge in [0.2, 0.25) is 0 Å². The first-order valence-electron chi connectivity index (χ1n) is 8.32. The molecule has 0 aliphatic carbocycles. The predicted molar refractivity (Wildman–Crippen MR) is 83.8 cm³/mol. The van der Waals surface area contributed by atoms with Gasteiger partial charge in [0.15, 0.2) is 0 Å². The molecule has 0 N–H and O–H groups in total. The van der Waals surface area contributed by atoms with E-state index >= 15 is 0 Å². The van der Waals surface area contributed by atoms with Crippen molar-refractivity contribution in [1.82, 2.24) is 0 Å². The molecule has 2 atom stereocenters. The average molecular weight is 286 g/mol. The minimum Gasteiger partial charge on any atom is -0.359 e. The Morgan fingerprint density at radius 3 is 2.20 bits per heavy atom. The third kappa shape index (κ3) is 10.4. The summed E-state index contributed by atoms with van der Waals surface area (Å²) in [5, 5.41) is 0. The van der Waals surface area contributed by atoms with E-state index in [1.807, 2.05) is 0 Å². The highest BCUT2D eigenvalue weighted by atomic mass is 16.7. The van der Waals surface area contributed by atoms with Crippen molar-refractivity contribution in [2.24, 2.45) is 11.8 Å². The number of methoxy groups -OCH3 is 1. The summed E-state index contributed by atoms with van der Waals surface area (Å²) in [5.74, 6) is 0.511. The number of hydrogen-bond donors (Lipinski definition) is 0. The summed E-state index contributed by atoms with van der Waals surface area (Å²) in [5.41, 5.74) is 0. The fourth-order valence-electron chi connectivity index (χ4n) is 2.58. The highest BCUT2D eigenvalue weighted by Gasteiger charge is 2.20. The largest absolute Gasteiger partial charge is 0.359 e. The molecule has 3 heteroatoms. The van der Waals surface area contributed by atoms with Crippen molar-refractivity contribution in [3.05, 3.63) is 0 Å². The molecule has 0 heterocycles. The molecule has 0 aromatic carbocycles. The number of carbonyl (C=O) groups is 1. The summed E-state index contributed by atoms with van der Waals surface area (Å²) in [4.78, 5) is 11.4. The zero-order chi connectivity index (χ0) is 15.1. The maximum absolute atomic E-state index is 11.4. The van der Waals surface area contributed by atoms with E-state index in [0.717, 1.165) is 25.5 Å². The summed E-state index contributed by atoms with van der Waals surface area (Å²) >= 11 is 0. The number of ether oxygens (including phenoxy) is 2. The van der Waals surface area contributed by atoms with Crippen LogP contribution in [0.2, 0.25) is 0 Å². The Balaban J connectivity index is 4.15. The topological polar surface area (TPSA) is 35.5 Å². The van der Waals surface area contributed by atoms with Crippen LogP contribution in [0, 0.1) is 11.8 Å². The van der Waals surface area contributed by atoms with Crippen LogP contribution in [0.5, 0.6) is 0 Å². The minimum atomic E-state index is 0.153. The Hall–Kier alpha value is -0.410. The summed E-state index contributed by atoms with van der Waals surface area (Å²) in [6.07, 6.45) is 11.8. The van der Waals surface area contributed by atoms with E-state index in [2.05, 4.69) is 13.8 Å². The molecule has 0 aromatic heterocycles. The van der Waals surface area contributed by atoms with Gasteiger partial charge in [0, 0.05) is 13.0 Å². The Bertz CT molecular complexity index is 196. The summed E-state index contributed by atoms with van der Waals surface area (Å²) in [6, 6.07) is 0. The second-order valence-electron chi connectivity index (χ2n) is 5.68. The van der Waals surface area contributed by atoms with E-state index in [0.29, 0.717) is 19.3 Å². The highest BCUT2D eigenvalue weighted by Crippen LogP contribution is 2.24.